The molecule has 0 spiro atoms. The third kappa shape index (κ3) is 2.70. The first kappa shape index (κ1) is 17.3. The minimum atomic E-state index is -0.602. The minimum absolute atomic E-state index is 0.00115. The van der Waals surface area contributed by atoms with Gasteiger partial charge in [0.15, 0.2) is 0 Å². The fraction of sp³-hybridized carbons (Fsp3) is 0.900. The highest BCUT2D eigenvalue weighted by atomic mass is 16.8. The van der Waals surface area contributed by atoms with Crippen LogP contribution in [-0.2, 0) is 23.8 Å². The standard InChI is InChI=1S/C20H30O5/c1-9-5-7-13-11(3)19(23-17(21)15(9)13)25-20-12(4)14-8-6-10(2)16(14)18(22)24-20/h9-16,19-20H,5-8H2,1-4H3/t9-,10-,11+,12+,13+,14+,15+,16+,19+,20+/m0/s1. The summed E-state index contributed by atoms with van der Waals surface area (Å²) in [5.74, 6) is 1.40. The molecule has 0 aromatic rings. The molecule has 140 valence electrons. The summed E-state index contributed by atoms with van der Waals surface area (Å²) in [7, 11) is 0. The fourth-order valence-electron chi connectivity index (χ4n) is 5.91. The first-order valence-corrected chi connectivity index (χ1v) is 9.95. The van der Waals surface area contributed by atoms with E-state index in [9.17, 15) is 9.59 Å². The number of carbonyl (C=O) groups excluding carboxylic acids is 2. The van der Waals surface area contributed by atoms with Crippen molar-refractivity contribution < 1.29 is 23.8 Å². The largest absolute Gasteiger partial charge is 0.435 e. The van der Waals surface area contributed by atoms with E-state index in [0.29, 0.717) is 23.7 Å². The number of carbonyl (C=O) groups is 2. The summed E-state index contributed by atoms with van der Waals surface area (Å²) >= 11 is 0. The van der Waals surface area contributed by atoms with E-state index in [-0.39, 0.29) is 35.6 Å². The van der Waals surface area contributed by atoms with Gasteiger partial charge in [-0.05, 0) is 49.4 Å². The Balaban J connectivity index is 1.47. The van der Waals surface area contributed by atoms with E-state index >= 15 is 0 Å². The van der Waals surface area contributed by atoms with E-state index in [1.54, 1.807) is 0 Å². The zero-order valence-corrected chi connectivity index (χ0v) is 15.6. The monoisotopic (exact) mass is 350 g/mol. The predicted octanol–water partition coefficient (Wildman–Crippen LogP) is 3.37. The Bertz CT molecular complexity index is 512. The summed E-state index contributed by atoms with van der Waals surface area (Å²) in [6, 6.07) is 0. The van der Waals surface area contributed by atoms with Gasteiger partial charge in [0.25, 0.3) is 0 Å². The molecule has 25 heavy (non-hydrogen) atoms. The van der Waals surface area contributed by atoms with Crippen molar-refractivity contribution in [2.24, 2.45) is 47.3 Å². The molecule has 4 aliphatic rings. The Morgan fingerprint density at radius 1 is 0.720 bits per heavy atom. The van der Waals surface area contributed by atoms with Crippen LogP contribution in [0.4, 0.5) is 0 Å². The summed E-state index contributed by atoms with van der Waals surface area (Å²) in [6.45, 7) is 8.46. The van der Waals surface area contributed by atoms with E-state index in [2.05, 4.69) is 27.7 Å². The molecule has 4 rings (SSSR count). The molecule has 2 saturated carbocycles. The number of hydrogen-bond donors (Lipinski definition) is 0. The summed E-state index contributed by atoms with van der Waals surface area (Å²) in [5, 5.41) is 0. The van der Waals surface area contributed by atoms with Crippen LogP contribution in [0.1, 0.15) is 53.4 Å². The smallest absolute Gasteiger partial charge is 0.311 e. The van der Waals surface area contributed by atoms with E-state index in [0.717, 1.165) is 25.7 Å². The van der Waals surface area contributed by atoms with Crippen molar-refractivity contribution in [2.75, 3.05) is 0 Å². The lowest BCUT2D eigenvalue weighted by Crippen LogP contribution is -2.50. The van der Waals surface area contributed by atoms with Crippen molar-refractivity contribution in [1.29, 1.82) is 0 Å². The number of fused-ring (bicyclic) bond motifs is 2. The normalized spacial score (nSPS) is 52.3. The quantitative estimate of drug-likeness (QED) is 0.715. The van der Waals surface area contributed by atoms with Crippen LogP contribution in [0.2, 0.25) is 0 Å². The summed E-state index contributed by atoms with van der Waals surface area (Å²) in [6.07, 6.45) is 3.02. The Morgan fingerprint density at radius 2 is 1.12 bits per heavy atom. The zero-order chi connectivity index (χ0) is 17.9. The average Bonchev–Trinajstić information content (AvgIpc) is 3.14. The summed E-state index contributed by atoms with van der Waals surface area (Å²) in [4.78, 5) is 24.9. The van der Waals surface area contributed by atoms with Gasteiger partial charge in [-0.3, -0.25) is 9.59 Å². The van der Waals surface area contributed by atoms with Crippen LogP contribution in [-0.4, -0.2) is 24.5 Å². The Hall–Kier alpha value is -1.10. The van der Waals surface area contributed by atoms with Crippen molar-refractivity contribution in [1.82, 2.24) is 0 Å². The van der Waals surface area contributed by atoms with Gasteiger partial charge in [0.2, 0.25) is 12.6 Å². The molecule has 0 bridgehead atoms. The Labute approximate surface area is 149 Å². The highest BCUT2D eigenvalue weighted by Crippen LogP contribution is 2.49. The van der Waals surface area contributed by atoms with Crippen molar-refractivity contribution in [3.8, 4) is 0 Å². The maximum atomic E-state index is 12.4. The van der Waals surface area contributed by atoms with Crippen LogP contribution in [0, 0.1) is 47.3 Å². The molecule has 2 heterocycles. The number of ether oxygens (including phenoxy) is 3. The highest BCUT2D eigenvalue weighted by Gasteiger charge is 2.53. The first-order chi connectivity index (χ1) is 11.9. The van der Waals surface area contributed by atoms with Gasteiger partial charge < -0.3 is 14.2 Å². The van der Waals surface area contributed by atoms with Crippen LogP contribution in [0.3, 0.4) is 0 Å². The Morgan fingerprint density at radius 3 is 1.52 bits per heavy atom. The average molecular weight is 350 g/mol. The van der Waals surface area contributed by atoms with Gasteiger partial charge in [-0.2, -0.15) is 0 Å². The number of hydrogen-bond acceptors (Lipinski definition) is 5. The molecule has 4 fully saturated rings. The van der Waals surface area contributed by atoms with Gasteiger partial charge in [-0.15, -0.1) is 0 Å². The van der Waals surface area contributed by atoms with Crippen molar-refractivity contribution >= 4 is 11.9 Å². The molecule has 0 amide bonds. The van der Waals surface area contributed by atoms with Gasteiger partial charge >= 0.3 is 11.9 Å². The molecular formula is C20H30O5. The van der Waals surface area contributed by atoms with Gasteiger partial charge in [-0.1, -0.05) is 27.7 Å². The van der Waals surface area contributed by atoms with Crippen molar-refractivity contribution in [3.05, 3.63) is 0 Å². The minimum Gasteiger partial charge on any atom is -0.435 e. The van der Waals surface area contributed by atoms with Gasteiger partial charge in [0, 0.05) is 11.8 Å². The maximum Gasteiger partial charge on any atom is 0.311 e. The van der Waals surface area contributed by atoms with E-state index in [4.69, 9.17) is 14.2 Å². The first-order valence-electron chi connectivity index (χ1n) is 9.95. The number of cyclic esters (lactones) is 2. The third-order valence-corrected chi connectivity index (χ3v) is 7.55. The van der Waals surface area contributed by atoms with Crippen LogP contribution < -0.4 is 0 Å². The van der Waals surface area contributed by atoms with Crippen LogP contribution in [0.5, 0.6) is 0 Å². The molecule has 0 aromatic carbocycles. The number of esters is 2. The van der Waals surface area contributed by atoms with Crippen LogP contribution in [0.25, 0.3) is 0 Å². The number of rotatable bonds is 2. The second-order valence-corrected chi connectivity index (χ2v) is 8.95. The molecule has 0 unspecified atom stereocenters. The molecule has 2 saturated heterocycles. The maximum absolute atomic E-state index is 12.4. The van der Waals surface area contributed by atoms with Gasteiger partial charge in [0.1, 0.15) is 0 Å². The zero-order valence-electron chi connectivity index (χ0n) is 15.6. The van der Waals surface area contributed by atoms with Crippen LogP contribution >= 0.6 is 0 Å². The van der Waals surface area contributed by atoms with Crippen molar-refractivity contribution in [2.45, 2.75) is 66.0 Å². The molecule has 2 aliphatic heterocycles. The molecule has 0 radical (unpaired) electrons. The lowest BCUT2D eigenvalue weighted by atomic mass is 9.79. The lowest BCUT2D eigenvalue weighted by Gasteiger charge is -2.43. The van der Waals surface area contributed by atoms with Crippen LogP contribution in [0.15, 0.2) is 0 Å². The molecule has 2 aliphatic carbocycles. The lowest BCUT2D eigenvalue weighted by molar-refractivity contribution is -0.292. The van der Waals surface area contributed by atoms with E-state index in [1.807, 2.05) is 0 Å². The molecule has 0 N–H and O–H groups in total. The molecular weight excluding hydrogens is 320 g/mol. The molecule has 5 heteroatoms. The molecule has 5 nitrogen and oxygen atoms in total. The summed E-state index contributed by atoms with van der Waals surface area (Å²) in [5.41, 5.74) is 0. The second-order valence-electron chi connectivity index (χ2n) is 8.95. The topological polar surface area (TPSA) is 61.8 Å². The predicted molar refractivity (Wildman–Crippen MR) is 89.9 cm³/mol. The summed E-state index contributed by atoms with van der Waals surface area (Å²) < 4.78 is 17.4. The second kappa shape index (κ2) is 6.26. The SMILES string of the molecule is C[C@H]1[C@@H](O[C@H]2OC(=O)[C@H]3[C@H](CC[C@@H]3C)[C@H]2C)OC(=O)[C@H]2[C@@H]1CC[C@@H]2C. The van der Waals surface area contributed by atoms with Crippen molar-refractivity contribution in [3.63, 3.8) is 0 Å². The van der Waals surface area contributed by atoms with Gasteiger partial charge in [-0.25, -0.2) is 0 Å². The molecule has 0 aromatic heterocycles. The van der Waals surface area contributed by atoms with E-state index < -0.39 is 12.6 Å². The van der Waals surface area contributed by atoms with E-state index in [1.165, 1.54) is 0 Å². The molecule has 10 atom stereocenters. The van der Waals surface area contributed by atoms with Gasteiger partial charge in [0.05, 0.1) is 11.8 Å². The fourth-order valence-corrected chi connectivity index (χ4v) is 5.91. The Kier molecular flexibility index (Phi) is 4.33. The highest BCUT2D eigenvalue weighted by molar-refractivity contribution is 5.75. The third-order valence-electron chi connectivity index (χ3n) is 7.55.